The molecule has 0 bridgehead atoms. The van der Waals surface area contributed by atoms with Gasteiger partial charge in [-0.2, -0.15) is 14.5 Å². The monoisotopic (exact) mass is 330 g/mol. The van der Waals surface area contributed by atoms with Crippen molar-refractivity contribution in [1.82, 2.24) is 29.6 Å². The molecule has 1 aromatic carbocycles. The second-order valence-electron chi connectivity index (χ2n) is 5.79. The van der Waals surface area contributed by atoms with E-state index in [0.29, 0.717) is 17.5 Å². The average molecular weight is 330 g/mol. The highest BCUT2D eigenvalue weighted by atomic mass is 16.5. The van der Waals surface area contributed by atoms with E-state index in [2.05, 4.69) is 15.5 Å². The number of hydrogen-bond donors (Lipinski definition) is 0. The Morgan fingerprint density at radius 1 is 1.33 bits per heavy atom. The summed E-state index contributed by atoms with van der Waals surface area (Å²) in [6.07, 6.45) is 1.59. The number of nitrogens with zero attached hydrogens (tertiary/aromatic N) is 6. The second-order valence-corrected chi connectivity index (χ2v) is 5.79. The fraction of sp³-hybridized carbons (Fsp3) is 0.375. The van der Waals surface area contributed by atoms with E-state index in [1.165, 1.54) is 4.68 Å². The molecule has 0 atom stereocenters. The maximum Gasteiger partial charge on any atom is 0.368 e. The van der Waals surface area contributed by atoms with Crippen LogP contribution >= 0.6 is 0 Å². The summed E-state index contributed by atoms with van der Waals surface area (Å²) in [6.45, 7) is 6.11. The third kappa shape index (κ3) is 2.82. The maximum atomic E-state index is 12.2. The van der Waals surface area contributed by atoms with Gasteiger partial charge in [0.05, 0.1) is 7.57 Å². The summed E-state index contributed by atoms with van der Waals surface area (Å²) in [4.78, 5) is 12.2. The molecular formula is C16H20N6O2. The number of tetrazole rings is 1. The number of para-hydroxylation sites is 1. The Morgan fingerprint density at radius 2 is 2.12 bits per heavy atom. The Hall–Kier alpha value is -2.90. The Balaban J connectivity index is 1.97. The molecule has 0 unspecified atom stereocenters. The van der Waals surface area contributed by atoms with Crippen molar-refractivity contribution in [3.05, 3.63) is 52.2 Å². The van der Waals surface area contributed by atoms with Crippen LogP contribution in [0.1, 0.15) is 32.5 Å². The molecule has 0 saturated carbocycles. The van der Waals surface area contributed by atoms with E-state index in [1.54, 1.807) is 36.1 Å². The molecule has 0 amide bonds. The van der Waals surface area contributed by atoms with E-state index in [9.17, 15) is 4.79 Å². The van der Waals surface area contributed by atoms with E-state index in [4.69, 9.17) is 6.11 Å². The van der Waals surface area contributed by atoms with Crippen molar-refractivity contribution in [3.63, 3.8) is 0 Å². The van der Waals surface area contributed by atoms with Crippen molar-refractivity contribution in [2.75, 3.05) is 0 Å². The van der Waals surface area contributed by atoms with E-state index < -0.39 is 0 Å². The zero-order valence-electron chi connectivity index (χ0n) is 15.1. The predicted octanol–water partition coefficient (Wildman–Crippen LogP) is 1.63. The second kappa shape index (κ2) is 6.31. The molecule has 126 valence electrons. The highest BCUT2D eigenvalue weighted by Gasteiger charge is 2.19. The Kier molecular flexibility index (Phi) is 3.86. The van der Waals surface area contributed by atoms with Gasteiger partial charge in [0.1, 0.15) is 23.7 Å². The fourth-order valence-corrected chi connectivity index (χ4v) is 2.41. The predicted molar refractivity (Wildman–Crippen MR) is 88.3 cm³/mol. The first-order valence-corrected chi connectivity index (χ1v) is 7.64. The third-order valence-corrected chi connectivity index (χ3v) is 3.70. The van der Waals surface area contributed by atoms with Crippen LogP contribution in [0.3, 0.4) is 0 Å². The lowest BCUT2D eigenvalue weighted by atomic mass is 10.2. The molecule has 0 N–H and O–H groups in total. The fourth-order valence-electron chi connectivity index (χ4n) is 2.41. The van der Waals surface area contributed by atoms with Gasteiger partial charge in [0.25, 0.3) is 0 Å². The van der Waals surface area contributed by atoms with Gasteiger partial charge in [-0.25, -0.2) is 4.79 Å². The molecule has 0 aliphatic carbocycles. The molecule has 2 aromatic heterocycles. The first-order chi connectivity index (χ1) is 11.9. The lowest BCUT2D eigenvalue weighted by molar-refractivity contribution is 0.285. The van der Waals surface area contributed by atoms with Crippen LogP contribution in [0.5, 0.6) is 5.75 Å². The van der Waals surface area contributed by atoms with Gasteiger partial charge in [-0.3, -0.25) is 4.68 Å². The van der Waals surface area contributed by atoms with Crippen LogP contribution in [0.2, 0.25) is 0 Å². The van der Waals surface area contributed by atoms with Gasteiger partial charge >= 0.3 is 5.69 Å². The average Bonchev–Trinajstić information content (AvgIpc) is 3.11. The van der Waals surface area contributed by atoms with E-state index >= 15 is 0 Å². The zero-order valence-corrected chi connectivity index (χ0v) is 14.1. The number of aromatic nitrogens is 6. The minimum Gasteiger partial charge on any atom is -0.487 e. The summed E-state index contributed by atoms with van der Waals surface area (Å²) in [7, 11) is 1.54. The van der Waals surface area contributed by atoms with Crippen molar-refractivity contribution in [2.45, 2.75) is 33.4 Å². The molecule has 8 heteroatoms. The minimum atomic E-state index is -0.348. The molecule has 24 heavy (non-hydrogen) atoms. The number of rotatable bonds is 5. The quantitative estimate of drug-likeness (QED) is 0.710. The van der Waals surface area contributed by atoms with Crippen molar-refractivity contribution >= 4 is 0 Å². The van der Waals surface area contributed by atoms with Crippen LogP contribution in [0, 0.1) is 6.92 Å². The SMILES string of the molecule is [3H]c1ccc(OCc2c(-n3nnn(C)c3=O)cnn2C(C)C)c(C)c1. The highest BCUT2D eigenvalue weighted by Crippen LogP contribution is 2.21. The van der Waals surface area contributed by atoms with Crippen LogP contribution in [-0.2, 0) is 13.7 Å². The molecule has 0 aliphatic heterocycles. The molecule has 0 fully saturated rings. The van der Waals surface area contributed by atoms with E-state index in [1.807, 2.05) is 20.8 Å². The van der Waals surface area contributed by atoms with Gasteiger partial charge in [-0.15, -0.1) is 0 Å². The summed E-state index contributed by atoms with van der Waals surface area (Å²) >= 11 is 0. The Labute approximate surface area is 140 Å². The van der Waals surface area contributed by atoms with Gasteiger partial charge in [-0.05, 0) is 42.8 Å². The van der Waals surface area contributed by atoms with Crippen LogP contribution < -0.4 is 10.4 Å². The first kappa shape index (κ1) is 14.7. The van der Waals surface area contributed by atoms with Crippen LogP contribution in [-0.4, -0.2) is 29.6 Å². The summed E-state index contributed by atoms with van der Waals surface area (Å²) in [5.74, 6) is 0.685. The van der Waals surface area contributed by atoms with Crippen molar-refractivity contribution in [2.24, 2.45) is 7.05 Å². The first-order valence-electron chi connectivity index (χ1n) is 8.14. The molecule has 0 radical (unpaired) electrons. The molecule has 0 saturated heterocycles. The Bertz CT molecular complexity index is 956. The number of ether oxygens (including phenoxy) is 1. The number of hydrogen-bond acceptors (Lipinski definition) is 5. The van der Waals surface area contributed by atoms with Crippen molar-refractivity contribution < 1.29 is 6.11 Å². The Morgan fingerprint density at radius 3 is 2.75 bits per heavy atom. The molecule has 3 aromatic rings. The summed E-state index contributed by atoms with van der Waals surface area (Å²) in [5, 5.41) is 12.0. The zero-order chi connectivity index (χ0) is 18.1. The van der Waals surface area contributed by atoms with Gasteiger partial charge in [0, 0.05) is 13.1 Å². The molecular weight excluding hydrogens is 308 g/mol. The van der Waals surface area contributed by atoms with Crippen LogP contribution in [0.25, 0.3) is 5.69 Å². The topological polar surface area (TPSA) is 79.8 Å². The lowest BCUT2D eigenvalue weighted by Crippen LogP contribution is -2.23. The third-order valence-electron chi connectivity index (χ3n) is 3.70. The van der Waals surface area contributed by atoms with Crippen LogP contribution in [0.15, 0.2) is 35.2 Å². The van der Waals surface area contributed by atoms with Gasteiger partial charge in [-0.1, -0.05) is 18.2 Å². The van der Waals surface area contributed by atoms with Gasteiger partial charge in [0.15, 0.2) is 0 Å². The van der Waals surface area contributed by atoms with Gasteiger partial charge in [0.2, 0.25) is 0 Å². The molecule has 0 spiro atoms. The number of benzene rings is 1. The van der Waals surface area contributed by atoms with Crippen molar-refractivity contribution in [3.8, 4) is 11.4 Å². The molecule has 2 heterocycles. The minimum absolute atomic E-state index is 0.0939. The molecule has 0 aliphatic rings. The number of aryl methyl sites for hydroxylation is 2. The maximum absolute atomic E-state index is 12.2. The summed E-state index contributed by atoms with van der Waals surface area (Å²) in [5.41, 5.74) is 1.80. The summed E-state index contributed by atoms with van der Waals surface area (Å²) in [6, 6.07) is 5.71. The largest absolute Gasteiger partial charge is 0.487 e. The smallest absolute Gasteiger partial charge is 0.368 e. The lowest BCUT2D eigenvalue weighted by Gasteiger charge is -2.14. The normalized spacial score (nSPS) is 11.8. The van der Waals surface area contributed by atoms with Crippen molar-refractivity contribution in [1.29, 1.82) is 0 Å². The highest BCUT2D eigenvalue weighted by molar-refractivity contribution is 5.35. The molecule has 8 nitrogen and oxygen atoms in total. The van der Waals surface area contributed by atoms with E-state index in [-0.39, 0.29) is 18.3 Å². The molecule has 3 rings (SSSR count). The standard InChI is InChI=1S/C16H20N6O2/c1-11(2)21-14(10-24-15-8-6-5-7-12(15)3)13(9-17-21)22-16(23)20(4)18-19-22/h5-9,11H,10H2,1-4H3/i5T. The van der Waals surface area contributed by atoms with Gasteiger partial charge < -0.3 is 4.74 Å². The van der Waals surface area contributed by atoms with E-state index in [0.717, 1.165) is 15.9 Å². The summed E-state index contributed by atoms with van der Waals surface area (Å²) < 4.78 is 17.7. The van der Waals surface area contributed by atoms with Crippen LogP contribution in [0.4, 0.5) is 0 Å².